The van der Waals surface area contributed by atoms with E-state index in [4.69, 9.17) is 0 Å². The minimum atomic E-state index is -0.668. The summed E-state index contributed by atoms with van der Waals surface area (Å²) >= 11 is 3.50. The fraction of sp³-hybridized carbons (Fsp3) is 0.533. The summed E-state index contributed by atoms with van der Waals surface area (Å²) < 4.78 is 1.07. The molecule has 0 bridgehead atoms. The summed E-state index contributed by atoms with van der Waals surface area (Å²) in [6, 6.07) is 8.62. The molecule has 0 aromatic heterocycles. The lowest BCUT2D eigenvalue weighted by Gasteiger charge is -2.27. The zero-order valence-electron chi connectivity index (χ0n) is 11.3. The molecule has 4 heteroatoms. The third-order valence-corrected chi connectivity index (χ3v) is 4.51. The number of nitrogens with zero attached hydrogens (tertiary/aromatic N) is 1. The lowest BCUT2D eigenvalue weighted by atomic mass is 9.99. The van der Waals surface area contributed by atoms with Crippen molar-refractivity contribution < 1.29 is 9.90 Å². The Balaban J connectivity index is 2.18. The van der Waals surface area contributed by atoms with E-state index in [2.05, 4.69) is 39.9 Å². The number of likely N-dealkylation sites (tertiary alicyclic amines) is 1. The van der Waals surface area contributed by atoms with Crippen LogP contribution in [-0.4, -0.2) is 29.1 Å². The molecule has 1 saturated heterocycles. The summed E-state index contributed by atoms with van der Waals surface area (Å²) in [5.41, 5.74) is 1.26. The Kier molecular flexibility index (Phi) is 4.63. The van der Waals surface area contributed by atoms with Crippen molar-refractivity contribution in [1.82, 2.24) is 4.90 Å². The number of aliphatic carboxylic acids is 1. The molecule has 104 valence electrons. The second kappa shape index (κ2) is 6.06. The number of halogens is 1. The number of rotatable bonds is 4. The summed E-state index contributed by atoms with van der Waals surface area (Å²) in [4.78, 5) is 13.5. The van der Waals surface area contributed by atoms with E-state index in [1.54, 1.807) is 0 Å². The molecule has 3 atom stereocenters. The van der Waals surface area contributed by atoms with E-state index in [1.807, 2.05) is 19.1 Å². The van der Waals surface area contributed by atoms with Crippen LogP contribution in [0.4, 0.5) is 0 Å². The highest BCUT2D eigenvalue weighted by Crippen LogP contribution is 2.33. The van der Waals surface area contributed by atoms with Crippen LogP contribution >= 0.6 is 15.9 Å². The highest BCUT2D eigenvalue weighted by Gasteiger charge is 2.37. The normalized spacial score (nSPS) is 25.4. The molecule has 1 aromatic rings. The SMILES string of the molecule is CCC(c1cccc(Br)c1)N1C[C@@H](C)[C@H](C(=O)O)C1. The molecule has 1 fully saturated rings. The Morgan fingerprint density at radius 2 is 2.26 bits per heavy atom. The third kappa shape index (κ3) is 3.18. The smallest absolute Gasteiger partial charge is 0.308 e. The molecule has 1 unspecified atom stereocenters. The van der Waals surface area contributed by atoms with Crippen LogP contribution < -0.4 is 0 Å². The molecule has 1 N–H and O–H groups in total. The summed E-state index contributed by atoms with van der Waals surface area (Å²) in [6.07, 6.45) is 0.996. The fourth-order valence-corrected chi connectivity index (χ4v) is 3.42. The first-order valence-electron chi connectivity index (χ1n) is 6.75. The van der Waals surface area contributed by atoms with E-state index in [0.29, 0.717) is 12.6 Å². The molecule has 19 heavy (non-hydrogen) atoms. The van der Waals surface area contributed by atoms with Crippen LogP contribution in [0.3, 0.4) is 0 Å². The second-order valence-corrected chi connectivity index (χ2v) is 6.27. The molecule has 1 aliphatic heterocycles. The molecule has 1 heterocycles. The van der Waals surface area contributed by atoms with Gasteiger partial charge in [-0.15, -0.1) is 0 Å². The van der Waals surface area contributed by atoms with E-state index >= 15 is 0 Å². The van der Waals surface area contributed by atoms with Crippen LogP contribution in [0.25, 0.3) is 0 Å². The third-order valence-electron chi connectivity index (χ3n) is 4.02. The van der Waals surface area contributed by atoms with Crippen molar-refractivity contribution in [1.29, 1.82) is 0 Å². The van der Waals surface area contributed by atoms with Crippen LogP contribution in [0.2, 0.25) is 0 Å². The first-order valence-corrected chi connectivity index (χ1v) is 7.54. The van der Waals surface area contributed by atoms with Gasteiger partial charge >= 0.3 is 5.97 Å². The molecule has 0 saturated carbocycles. The van der Waals surface area contributed by atoms with Gasteiger partial charge in [0.1, 0.15) is 0 Å². The Hall–Kier alpha value is -0.870. The number of carboxylic acids is 1. The summed E-state index contributed by atoms with van der Waals surface area (Å²) in [7, 11) is 0. The van der Waals surface area contributed by atoms with Gasteiger partial charge in [0.15, 0.2) is 0 Å². The maximum atomic E-state index is 11.2. The summed E-state index contributed by atoms with van der Waals surface area (Å²) in [5.74, 6) is -0.681. The Morgan fingerprint density at radius 3 is 2.79 bits per heavy atom. The van der Waals surface area contributed by atoms with Gasteiger partial charge in [0.05, 0.1) is 5.92 Å². The maximum absolute atomic E-state index is 11.2. The molecular weight excluding hydrogens is 306 g/mol. The lowest BCUT2D eigenvalue weighted by Crippen LogP contribution is -2.27. The van der Waals surface area contributed by atoms with Crippen molar-refractivity contribution in [2.45, 2.75) is 26.3 Å². The van der Waals surface area contributed by atoms with Crippen molar-refractivity contribution >= 4 is 21.9 Å². The van der Waals surface area contributed by atoms with Crippen LogP contribution in [-0.2, 0) is 4.79 Å². The van der Waals surface area contributed by atoms with Crippen molar-refractivity contribution in [3.8, 4) is 0 Å². The number of benzene rings is 1. The van der Waals surface area contributed by atoms with Gasteiger partial charge in [0.2, 0.25) is 0 Å². The quantitative estimate of drug-likeness (QED) is 0.920. The van der Waals surface area contributed by atoms with Crippen LogP contribution in [0.15, 0.2) is 28.7 Å². The van der Waals surface area contributed by atoms with Gasteiger partial charge in [0.25, 0.3) is 0 Å². The highest BCUT2D eigenvalue weighted by molar-refractivity contribution is 9.10. The largest absolute Gasteiger partial charge is 0.481 e. The van der Waals surface area contributed by atoms with Crippen molar-refractivity contribution in [3.05, 3.63) is 34.3 Å². The molecule has 1 aromatic carbocycles. The first kappa shape index (κ1) is 14.5. The predicted octanol–water partition coefficient (Wildman–Crippen LogP) is 3.55. The molecule has 1 aliphatic rings. The van der Waals surface area contributed by atoms with Gasteiger partial charge in [-0.05, 0) is 30.0 Å². The van der Waals surface area contributed by atoms with Crippen LogP contribution in [0.1, 0.15) is 31.9 Å². The number of hydrogen-bond acceptors (Lipinski definition) is 2. The second-order valence-electron chi connectivity index (χ2n) is 5.35. The van der Waals surface area contributed by atoms with Gasteiger partial charge in [-0.25, -0.2) is 0 Å². The first-order chi connectivity index (χ1) is 9.02. The lowest BCUT2D eigenvalue weighted by molar-refractivity contribution is -0.142. The standard InChI is InChI=1S/C15H20BrNO2/c1-3-14(11-5-4-6-12(16)7-11)17-8-10(2)13(9-17)15(18)19/h4-7,10,13-14H,3,8-9H2,1-2H3,(H,18,19)/t10-,13-,14?/m1/s1. The van der Waals surface area contributed by atoms with Crippen molar-refractivity contribution in [2.75, 3.05) is 13.1 Å². The molecule has 0 aliphatic carbocycles. The van der Waals surface area contributed by atoms with Crippen LogP contribution in [0, 0.1) is 11.8 Å². The van der Waals surface area contributed by atoms with Gasteiger partial charge in [0, 0.05) is 23.6 Å². The van der Waals surface area contributed by atoms with E-state index < -0.39 is 5.97 Å². The highest BCUT2D eigenvalue weighted by atomic mass is 79.9. The van der Waals surface area contributed by atoms with E-state index in [9.17, 15) is 9.90 Å². The van der Waals surface area contributed by atoms with E-state index in [0.717, 1.165) is 17.4 Å². The average Bonchev–Trinajstić information content (AvgIpc) is 2.72. The van der Waals surface area contributed by atoms with Gasteiger partial charge < -0.3 is 5.11 Å². The predicted molar refractivity (Wildman–Crippen MR) is 79.0 cm³/mol. The molecule has 3 nitrogen and oxygen atoms in total. The minimum absolute atomic E-state index is 0.221. The Morgan fingerprint density at radius 1 is 1.53 bits per heavy atom. The monoisotopic (exact) mass is 325 g/mol. The number of hydrogen-bond donors (Lipinski definition) is 1. The summed E-state index contributed by atoms with van der Waals surface area (Å²) in [6.45, 7) is 5.71. The zero-order valence-corrected chi connectivity index (χ0v) is 12.9. The molecule has 0 radical (unpaired) electrons. The molecule has 2 rings (SSSR count). The topological polar surface area (TPSA) is 40.5 Å². The maximum Gasteiger partial charge on any atom is 0.308 e. The number of carbonyl (C=O) groups is 1. The van der Waals surface area contributed by atoms with Gasteiger partial charge in [-0.3, -0.25) is 9.69 Å². The van der Waals surface area contributed by atoms with Crippen LogP contribution in [0.5, 0.6) is 0 Å². The fourth-order valence-electron chi connectivity index (χ4n) is 3.00. The van der Waals surface area contributed by atoms with E-state index in [-0.39, 0.29) is 11.8 Å². The summed E-state index contributed by atoms with van der Waals surface area (Å²) in [5, 5.41) is 9.24. The molecular formula is C15H20BrNO2. The molecule has 0 spiro atoms. The zero-order chi connectivity index (χ0) is 14.0. The Bertz CT molecular complexity index is 463. The van der Waals surface area contributed by atoms with E-state index in [1.165, 1.54) is 5.56 Å². The van der Waals surface area contributed by atoms with Crippen molar-refractivity contribution in [3.63, 3.8) is 0 Å². The Labute approximate surface area is 122 Å². The van der Waals surface area contributed by atoms with Crippen molar-refractivity contribution in [2.24, 2.45) is 11.8 Å². The van der Waals surface area contributed by atoms with Gasteiger partial charge in [-0.2, -0.15) is 0 Å². The molecule has 0 amide bonds. The van der Waals surface area contributed by atoms with Gasteiger partial charge in [-0.1, -0.05) is 41.9 Å². The average molecular weight is 326 g/mol. The number of carboxylic acid groups (broad SMARTS) is 1. The minimum Gasteiger partial charge on any atom is -0.481 e.